The average Bonchev–Trinajstić information content (AvgIpc) is 3.21. The van der Waals surface area contributed by atoms with E-state index in [0.29, 0.717) is 43.1 Å². The molecule has 0 atom stereocenters. The van der Waals surface area contributed by atoms with Crippen molar-refractivity contribution < 1.29 is 9.59 Å². The van der Waals surface area contributed by atoms with E-state index in [0.717, 1.165) is 36.8 Å². The standard InChI is InChI=1S/C25H30N6O2/c1-18-7-11-29(12-8-18)13-10-27-24(32)19-5-6-22-21(16-19)28-23-25(33)30(14-15-31(22)23)17-20-4-2-3-9-26-20/h2-6,9,16,18H,7-8,10-15,17H2,1H3,(H,27,32). The largest absolute Gasteiger partial charge is 0.351 e. The Morgan fingerprint density at radius 3 is 2.76 bits per heavy atom. The fourth-order valence-corrected chi connectivity index (χ4v) is 4.68. The van der Waals surface area contributed by atoms with E-state index in [1.807, 2.05) is 34.9 Å². The van der Waals surface area contributed by atoms with Gasteiger partial charge in [-0.2, -0.15) is 0 Å². The summed E-state index contributed by atoms with van der Waals surface area (Å²) < 4.78 is 1.95. The summed E-state index contributed by atoms with van der Waals surface area (Å²) in [5.41, 5.74) is 2.99. The van der Waals surface area contributed by atoms with E-state index in [1.54, 1.807) is 17.2 Å². The van der Waals surface area contributed by atoms with Gasteiger partial charge in [0.15, 0.2) is 5.82 Å². The summed E-state index contributed by atoms with van der Waals surface area (Å²) >= 11 is 0. The summed E-state index contributed by atoms with van der Waals surface area (Å²) in [6.45, 7) is 7.76. The summed E-state index contributed by atoms with van der Waals surface area (Å²) in [7, 11) is 0. The first-order valence-corrected chi connectivity index (χ1v) is 11.8. The van der Waals surface area contributed by atoms with Crippen LogP contribution < -0.4 is 5.32 Å². The highest BCUT2D eigenvalue weighted by Gasteiger charge is 2.28. The molecule has 1 N–H and O–H groups in total. The van der Waals surface area contributed by atoms with Crippen molar-refractivity contribution in [3.63, 3.8) is 0 Å². The molecular formula is C25H30N6O2. The van der Waals surface area contributed by atoms with Crippen molar-refractivity contribution in [1.82, 2.24) is 29.7 Å². The molecule has 2 aromatic heterocycles. The van der Waals surface area contributed by atoms with Crippen molar-refractivity contribution >= 4 is 22.8 Å². The second-order valence-corrected chi connectivity index (χ2v) is 9.12. The van der Waals surface area contributed by atoms with Crippen molar-refractivity contribution in [2.45, 2.75) is 32.9 Å². The van der Waals surface area contributed by atoms with Gasteiger partial charge in [-0.1, -0.05) is 13.0 Å². The Kier molecular flexibility index (Phi) is 6.09. The van der Waals surface area contributed by atoms with E-state index < -0.39 is 0 Å². The molecule has 0 radical (unpaired) electrons. The molecule has 2 amide bonds. The molecule has 33 heavy (non-hydrogen) atoms. The van der Waals surface area contributed by atoms with E-state index >= 15 is 0 Å². The lowest BCUT2D eigenvalue weighted by atomic mass is 9.99. The molecule has 0 saturated carbocycles. The van der Waals surface area contributed by atoms with Gasteiger partial charge in [0.2, 0.25) is 0 Å². The zero-order chi connectivity index (χ0) is 22.8. The monoisotopic (exact) mass is 446 g/mol. The Morgan fingerprint density at radius 1 is 1.12 bits per heavy atom. The van der Waals surface area contributed by atoms with Crippen LogP contribution in [0.1, 0.15) is 46.4 Å². The van der Waals surface area contributed by atoms with E-state index in [2.05, 4.69) is 27.1 Å². The minimum absolute atomic E-state index is 0.101. The fraction of sp³-hybridized carbons (Fsp3) is 0.440. The van der Waals surface area contributed by atoms with Crippen molar-refractivity contribution in [3.05, 3.63) is 59.7 Å². The maximum Gasteiger partial charge on any atom is 0.290 e. The minimum Gasteiger partial charge on any atom is -0.351 e. The van der Waals surface area contributed by atoms with Gasteiger partial charge in [-0.15, -0.1) is 0 Å². The molecule has 8 heteroatoms. The molecule has 8 nitrogen and oxygen atoms in total. The number of likely N-dealkylation sites (tertiary alicyclic amines) is 1. The highest BCUT2D eigenvalue weighted by atomic mass is 16.2. The maximum absolute atomic E-state index is 13.1. The maximum atomic E-state index is 13.1. The van der Waals surface area contributed by atoms with Crippen LogP contribution >= 0.6 is 0 Å². The Labute approximate surface area is 193 Å². The summed E-state index contributed by atoms with van der Waals surface area (Å²) in [6, 6.07) is 11.2. The number of hydrogen-bond donors (Lipinski definition) is 1. The number of benzene rings is 1. The lowest BCUT2D eigenvalue weighted by molar-refractivity contribution is 0.0682. The van der Waals surface area contributed by atoms with Crippen LogP contribution in [-0.4, -0.2) is 68.9 Å². The minimum atomic E-state index is -0.107. The highest BCUT2D eigenvalue weighted by Crippen LogP contribution is 2.23. The molecule has 0 spiro atoms. The van der Waals surface area contributed by atoms with Crippen LogP contribution in [0.15, 0.2) is 42.6 Å². The summed E-state index contributed by atoms with van der Waals surface area (Å²) in [4.78, 5) is 38.9. The van der Waals surface area contributed by atoms with Gasteiger partial charge >= 0.3 is 0 Å². The molecule has 1 aromatic carbocycles. The Morgan fingerprint density at radius 2 is 1.97 bits per heavy atom. The number of rotatable bonds is 6. The molecule has 1 fully saturated rings. The SMILES string of the molecule is CC1CCN(CCNC(=O)c2ccc3c(c2)nc2n3CCN(Cc3ccccn3)C2=O)CC1. The molecule has 0 bridgehead atoms. The third-order valence-electron chi connectivity index (χ3n) is 6.75. The number of piperidine rings is 1. The number of amides is 2. The third kappa shape index (κ3) is 4.61. The van der Waals surface area contributed by atoms with Gasteiger partial charge in [0.25, 0.3) is 11.8 Å². The molecule has 0 aliphatic carbocycles. The smallest absolute Gasteiger partial charge is 0.290 e. The van der Waals surface area contributed by atoms with Crippen LogP contribution in [0.5, 0.6) is 0 Å². The van der Waals surface area contributed by atoms with Crippen molar-refractivity contribution in [2.75, 3.05) is 32.7 Å². The lowest BCUT2D eigenvalue weighted by Crippen LogP contribution is -2.40. The number of nitrogens with zero attached hydrogens (tertiary/aromatic N) is 5. The van der Waals surface area contributed by atoms with E-state index in [4.69, 9.17) is 0 Å². The van der Waals surface area contributed by atoms with Crippen molar-refractivity contribution in [3.8, 4) is 0 Å². The van der Waals surface area contributed by atoms with Crippen molar-refractivity contribution in [2.24, 2.45) is 5.92 Å². The Balaban J connectivity index is 1.25. The van der Waals surface area contributed by atoms with Gasteiger partial charge in [-0.3, -0.25) is 14.6 Å². The molecule has 4 heterocycles. The first-order valence-electron chi connectivity index (χ1n) is 11.8. The van der Waals surface area contributed by atoms with E-state index in [-0.39, 0.29) is 11.8 Å². The molecule has 172 valence electrons. The van der Waals surface area contributed by atoms with E-state index in [9.17, 15) is 9.59 Å². The lowest BCUT2D eigenvalue weighted by Gasteiger charge is -2.30. The van der Waals surface area contributed by atoms with Gasteiger partial charge < -0.3 is 19.7 Å². The first-order chi connectivity index (χ1) is 16.1. The van der Waals surface area contributed by atoms with Crippen LogP contribution in [0.4, 0.5) is 0 Å². The molecule has 5 rings (SSSR count). The van der Waals surface area contributed by atoms with Gasteiger partial charge in [0, 0.05) is 37.9 Å². The molecule has 0 unspecified atom stereocenters. The number of hydrogen-bond acceptors (Lipinski definition) is 5. The molecule has 2 aliphatic rings. The molecule has 1 saturated heterocycles. The fourth-order valence-electron chi connectivity index (χ4n) is 4.68. The predicted octanol–water partition coefficient (Wildman–Crippen LogP) is 2.55. The summed E-state index contributed by atoms with van der Waals surface area (Å²) in [6.07, 6.45) is 4.19. The van der Waals surface area contributed by atoms with Crippen LogP contribution in [0, 0.1) is 5.92 Å². The number of carbonyl (C=O) groups is 2. The molecule has 3 aromatic rings. The van der Waals surface area contributed by atoms with Crippen molar-refractivity contribution in [1.29, 1.82) is 0 Å². The number of aromatic nitrogens is 3. The van der Waals surface area contributed by atoms with Crippen LogP contribution in [0.3, 0.4) is 0 Å². The summed E-state index contributed by atoms with van der Waals surface area (Å²) in [5.74, 6) is 1.02. The highest BCUT2D eigenvalue weighted by molar-refractivity contribution is 6.00. The number of pyridine rings is 1. The number of carbonyl (C=O) groups excluding carboxylic acids is 2. The van der Waals surface area contributed by atoms with E-state index in [1.165, 1.54) is 12.8 Å². The number of nitrogens with one attached hydrogen (secondary N) is 1. The first kappa shape index (κ1) is 21.6. The van der Waals surface area contributed by atoms with Gasteiger partial charge in [0.05, 0.1) is 23.3 Å². The molecule has 2 aliphatic heterocycles. The number of fused-ring (bicyclic) bond motifs is 3. The molecular weight excluding hydrogens is 416 g/mol. The predicted molar refractivity (Wildman–Crippen MR) is 126 cm³/mol. The Hall–Kier alpha value is -3.26. The van der Waals surface area contributed by atoms with Gasteiger partial charge in [0.1, 0.15) is 0 Å². The van der Waals surface area contributed by atoms with Crippen LogP contribution in [-0.2, 0) is 13.1 Å². The zero-order valence-electron chi connectivity index (χ0n) is 19.0. The van der Waals surface area contributed by atoms with Crippen LogP contribution in [0.2, 0.25) is 0 Å². The quantitative estimate of drug-likeness (QED) is 0.629. The van der Waals surface area contributed by atoms with Gasteiger partial charge in [-0.05, 0) is 62.2 Å². The normalized spacial score (nSPS) is 17.4. The van der Waals surface area contributed by atoms with Gasteiger partial charge in [-0.25, -0.2) is 4.98 Å². The second kappa shape index (κ2) is 9.31. The summed E-state index contributed by atoms with van der Waals surface area (Å²) in [5, 5.41) is 3.03. The Bertz CT molecular complexity index is 1150. The third-order valence-corrected chi connectivity index (χ3v) is 6.75. The number of imidazole rings is 1. The van der Waals surface area contributed by atoms with Crippen LogP contribution in [0.25, 0.3) is 11.0 Å². The second-order valence-electron chi connectivity index (χ2n) is 9.12. The zero-order valence-corrected chi connectivity index (χ0v) is 19.0. The average molecular weight is 447 g/mol. The topological polar surface area (TPSA) is 83.4 Å².